The summed E-state index contributed by atoms with van der Waals surface area (Å²) in [6.45, 7) is 5.65. The smallest absolute Gasteiger partial charge is 0.240 e. The van der Waals surface area contributed by atoms with E-state index in [-0.39, 0.29) is 5.91 Å². The lowest BCUT2D eigenvalue weighted by Gasteiger charge is -2.40. The van der Waals surface area contributed by atoms with Crippen LogP contribution in [0.3, 0.4) is 0 Å². The Kier molecular flexibility index (Phi) is 3.86. The number of primary amides is 1. The van der Waals surface area contributed by atoms with Crippen molar-refractivity contribution in [3.8, 4) is 0 Å². The highest BCUT2D eigenvalue weighted by Gasteiger charge is 2.38. The highest BCUT2D eigenvalue weighted by molar-refractivity contribution is 5.84. The first kappa shape index (κ1) is 11.4. The number of ether oxygens (including phenoxy) is 1. The maximum Gasteiger partial charge on any atom is 0.240 e. The Morgan fingerprint density at radius 2 is 2.14 bits per heavy atom. The Balaban J connectivity index is 2.69. The van der Waals surface area contributed by atoms with Crippen LogP contribution in [0.25, 0.3) is 0 Å². The largest absolute Gasteiger partial charge is 0.382 e. The van der Waals surface area contributed by atoms with E-state index in [4.69, 9.17) is 10.5 Å². The molecule has 0 aliphatic carbocycles. The second-order valence-corrected chi connectivity index (χ2v) is 3.81. The summed E-state index contributed by atoms with van der Waals surface area (Å²) < 4.78 is 5.06. The molecule has 1 fully saturated rings. The van der Waals surface area contributed by atoms with Gasteiger partial charge in [-0.05, 0) is 6.92 Å². The van der Waals surface area contributed by atoms with E-state index in [0.29, 0.717) is 6.61 Å². The molecule has 0 aromatic heterocycles. The van der Waals surface area contributed by atoms with Crippen LogP contribution >= 0.6 is 0 Å². The summed E-state index contributed by atoms with van der Waals surface area (Å²) in [7, 11) is 1.59. The molecule has 1 heterocycles. The number of nitrogens with one attached hydrogen (secondary N) is 1. The Morgan fingerprint density at radius 1 is 1.57 bits per heavy atom. The van der Waals surface area contributed by atoms with Crippen LogP contribution in [0.1, 0.15) is 6.92 Å². The summed E-state index contributed by atoms with van der Waals surface area (Å²) in [6, 6.07) is 0. The molecular weight excluding hydrogens is 182 g/mol. The summed E-state index contributed by atoms with van der Waals surface area (Å²) in [4.78, 5) is 13.5. The fraction of sp³-hybridized carbons (Fsp3) is 0.889. The molecule has 1 rings (SSSR count). The minimum Gasteiger partial charge on any atom is -0.382 e. The average Bonchev–Trinajstić information content (AvgIpc) is 2.19. The van der Waals surface area contributed by atoms with Crippen molar-refractivity contribution < 1.29 is 9.53 Å². The monoisotopic (exact) mass is 201 g/mol. The summed E-state index contributed by atoms with van der Waals surface area (Å²) in [5.41, 5.74) is 4.74. The van der Waals surface area contributed by atoms with Crippen molar-refractivity contribution in [2.45, 2.75) is 12.5 Å². The minimum absolute atomic E-state index is 0.318. The van der Waals surface area contributed by atoms with Gasteiger partial charge in [0.15, 0.2) is 0 Å². The molecule has 14 heavy (non-hydrogen) atoms. The molecule has 0 bridgehead atoms. The van der Waals surface area contributed by atoms with Gasteiger partial charge in [-0.2, -0.15) is 0 Å². The van der Waals surface area contributed by atoms with Gasteiger partial charge in [0.25, 0.3) is 0 Å². The molecule has 5 nitrogen and oxygen atoms in total. The van der Waals surface area contributed by atoms with E-state index in [1.807, 2.05) is 6.92 Å². The van der Waals surface area contributed by atoms with Gasteiger partial charge < -0.3 is 15.8 Å². The van der Waals surface area contributed by atoms with E-state index in [1.54, 1.807) is 7.11 Å². The number of hydrogen-bond acceptors (Lipinski definition) is 4. The zero-order valence-electron chi connectivity index (χ0n) is 8.88. The molecule has 82 valence electrons. The second-order valence-electron chi connectivity index (χ2n) is 3.81. The SMILES string of the molecule is COCC(C)(C(N)=O)N1CCNCC1. The number of nitrogens with zero attached hydrogens (tertiary/aromatic N) is 1. The van der Waals surface area contributed by atoms with Crippen LogP contribution in [0.5, 0.6) is 0 Å². The lowest BCUT2D eigenvalue weighted by molar-refractivity contribution is -0.133. The highest BCUT2D eigenvalue weighted by Crippen LogP contribution is 2.15. The summed E-state index contributed by atoms with van der Waals surface area (Å²) in [6.07, 6.45) is 0. The van der Waals surface area contributed by atoms with E-state index in [2.05, 4.69) is 10.2 Å². The average molecular weight is 201 g/mol. The lowest BCUT2D eigenvalue weighted by Crippen LogP contribution is -2.62. The van der Waals surface area contributed by atoms with Gasteiger partial charge in [-0.3, -0.25) is 9.69 Å². The molecule has 1 unspecified atom stereocenters. The third-order valence-electron chi connectivity index (χ3n) is 2.77. The number of amides is 1. The van der Waals surface area contributed by atoms with Crippen molar-refractivity contribution in [3.63, 3.8) is 0 Å². The Bertz CT molecular complexity index is 204. The first-order valence-corrected chi connectivity index (χ1v) is 4.86. The highest BCUT2D eigenvalue weighted by atomic mass is 16.5. The lowest BCUT2D eigenvalue weighted by atomic mass is 9.99. The Hall–Kier alpha value is -0.650. The van der Waals surface area contributed by atoms with Crippen LogP contribution in [-0.4, -0.2) is 56.2 Å². The van der Waals surface area contributed by atoms with Crippen molar-refractivity contribution in [2.24, 2.45) is 5.73 Å². The van der Waals surface area contributed by atoms with Gasteiger partial charge in [0.1, 0.15) is 5.54 Å². The maximum absolute atomic E-state index is 11.4. The minimum atomic E-state index is -0.670. The molecule has 0 saturated carbocycles. The van der Waals surface area contributed by atoms with Crippen LogP contribution < -0.4 is 11.1 Å². The summed E-state index contributed by atoms with van der Waals surface area (Å²) in [5.74, 6) is -0.318. The summed E-state index contributed by atoms with van der Waals surface area (Å²) in [5, 5.41) is 3.23. The van der Waals surface area contributed by atoms with E-state index < -0.39 is 5.54 Å². The molecule has 0 spiro atoms. The van der Waals surface area contributed by atoms with E-state index in [0.717, 1.165) is 26.2 Å². The molecule has 5 heteroatoms. The van der Waals surface area contributed by atoms with Crippen molar-refractivity contribution >= 4 is 5.91 Å². The number of piperazine rings is 1. The third-order valence-corrected chi connectivity index (χ3v) is 2.77. The van der Waals surface area contributed by atoms with Gasteiger partial charge in [-0.15, -0.1) is 0 Å². The van der Waals surface area contributed by atoms with Crippen LogP contribution in [0, 0.1) is 0 Å². The topological polar surface area (TPSA) is 67.6 Å². The van der Waals surface area contributed by atoms with Crippen LogP contribution in [0.4, 0.5) is 0 Å². The molecule has 1 amide bonds. The van der Waals surface area contributed by atoms with Gasteiger partial charge in [-0.1, -0.05) is 0 Å². The molecule has 0 aromatic carbocycles. The van der Waals surface area contributed by atoms with Gasteiger partial charge in [0.05, 0.1) is 6.61 Å². The van der Waals surface area contributed by atoms with Crippen molar-refractivity contribution in [1.29, 1.82) is 0 Å². The maximum atomic E-state index is 11.4. The second kappa shape index (κ2) is 4.72. The zero-order chi connectivity index (χ0) is 10.6. The van der Waals surface area contributed by atoms with Crippen LogP contribution in [0.15, 0.2) is 0 Å². The number of nitrogens with two attached hydrogens (primary N) is 1. The molecular formula is C9H19N3O2. The quantitative estimate of drug-likeness (QED) is 0.598. The molecule has 3 N–H and O–H groups in total. The molecule has 1 aliphatic rings. The fourth-order valence-corrected chi connectivity index (χ4v) is 1.76. The molecule has 1 aliphatic heterocycles. The van der Waals surface area contributed by atoms with Gasteiger partial charge in [-0.25, -0.2) is 0 Å². The predicted molar refractivity (Wildman–Crippen MR) is 53.9 cm³/mol. The van der Waals surface area contributed by atoms with Crippen LogP contribution in [-0.2, 0) is 9.53 Å². The first-order chi connectivity index (χ1) is 6.61. The molecule has 0 radical (unpaired) electrons. The zero-order valence-corrected chi connectivity index (χ0v) is 8.88. The van der Waals surface area contributed by atoms with E-state index in [9.17, 15) is 4.79 Å². The fourth-order valence-electron chi connectivity index (χ4n) is 1.76. The van der Waals surface area contributed by atoms with E-state index >= 15 is 0 Å². The molecule has 1 atom stereocenters. The number of carbonyl (C=O) groups excluding carboxylic acids is 1. The van der Waals surface area contributed by atoms with Crippen molar-refractivity contribution in [2.75, 3.05) is 39.9 Å². The Labute approximate surface area is 84.6 Å². The number of carbonyl (C=O) groups is 1. The van der Waals surface area contributed by atoms with Crippen molar-refractivity contribution in [1.82, 2.24) is 10.2 Å². The van der Waals surface area contributed by atoms with Gasteiger partial charge in [0.2, 0.25) is 5.91 Å². The number of hydrogen-bond donors (Lipinski definition) is 2. The molecule has 1 saturated heterocycles. The first-order valence-electron chi connectivity index (χ1n) is 4.86. The normalized spacial score (nSPS) is 23.0. The number of methoxy groups -OCH3 is 1. The summed E-state index contributed by atoms with van der Waals surface area (Å²) >= 11 is 0. The van der Waals surface area contributed by atoms with Gasteiger partial charge in [0, 0.05) is 33.3 Å². The number of rotatable bonds is 4. The standard InChI is InChI=1S/C9H19N3O2/c1-9(7-14-2,8(10)13)12-5-3-11-4-6-12/h11H,3-7H2,1-2H3,(H2,10,13). The third kappa shape index (κ3) is 2.23. The Morgan fingerprint density at radius 3 is 2.57 bits per heavy atom. The van der Waals surface area contributed by atoms with Gasteiger partial charge >= 0.3 is 0 Å². The predicted octanol–water partition coefficient (Wildman–Crippen LogP) is -1.22. The van der Waals surface area contributed by atoms with E-state index in [1.165, 1.54) is 0 Å². The van der Waals surface area contributed by atoms with Crippen LogP contribution in [0.2, 0.25) is 0 Å². The molecule has 0 aromatic rings. The van der Waals surface area contributed by atoms with Crippen molar-refractivity contribution in [3.05, 3.63) is 0 Å².